The standard InChI is InChI=1S/C18H26N2O2/c1-22-17-8-4-6-15(12-17)13-18(21)20-11-5-7-16(20)14-19-9-2-3-10-19/h4,6,8,12,16H,2-3,5,7,9-11,13-14H2,1H3/t16-/m1/s1. The first-order chi connectivity index (χ1) is 10.8. The molecule has 4 heteroatoms. The predicted octanol–water partition coefficient (Wildman–Crippen LogP) is 2.32. The summed E-state index contributed by atoms with van der Waals surface area (Å²) in [6.45, 7) is 4.38. The van der Waals surface area contributed by atoms with Crippen LogP contribution in [-0.2, 0) is 11.2 Å². The maximum absolute atomic E-state index is 12.7. The van der Waals surface area contributed by atoms with Crippen LogP contribution in [0.4, 0.5) is 0 Å². The lowest BCUT2D eigenvalue weighted by Crippen LogP contribution is -2.43. The Morgan fingerprint density at radius 3 is 2.82 bits per heavy atom. The average Bonchev–Trinajstić information content (AvgIpc) is 3.19. The van der Waals surface area contributed by atoms with Crippen molar-refractivity contribution in [1.82, 2.24) is 9.80 Å². The molecule has 2 fully saturated rings. The Morgan fingerprint density at radius 1 is 1.23 bits per heavy atom. The second kappa shape index (κ2) is 7.14. The van der Waals surface area contributed by atoms with Crippen molar-refractivity contribution in [3.05, 3.63) is 29.8 Å². The number of hydrogen-bond donors (Lipinski definition) is 0. The van der Waals surface area contributed by atoms with E-state index >= 15 is 0 Å². The van der Waals surface area contributed by atoms with Crippen LogP contribution in [0.2, 0.25) is 0 Å². The third-order valence-electron chi connectivity index (χ3n) is 4.85. The van der Waals surface area contributed by atoms with Crippen LogP contribution >= 0.6 is 0 Å². The molecule has 0 radical (unpaired) electrons. The maximum Gasteiger partial charge on any atom is 0.227 e. The van der Waals surface area contributed by atoms with E-state index in [1.54, 1.807) is 7.11 Å². The van der Waals surface area contributed by atoms with E-state index in [4.69, 9.17) is 4.74 Å². The van der Waals surface area contributed by atoms with Crippen LogP contribution in [0.3, 0.4) is 0 Å². The monoisotopic (exact) mass is 302 g/mol. The first-order valence-electron chi connectivity index (χ1n) is 8.41. The highest BCUT2D eigenvalue weighted by molar-refractivity contribution is 5.79. The summed E-state index contributed by atoms with van der Waals surface area (Å²) in [5.41, 5.74) is 1.04. The molecule has 1 atom stereocenters. The highest BCUT2D eigenvalue weighted by Crippen LogP contribution is 2.22. The number of nitrogens with zero attached hydrogens (tertiary/aromatic N) is 2. The molecule has 1 amide bonds. The van der Waals surface area contributed by atoms with Crippen LogP contribution < -0.4 is 4.74 Å². The number of rotatable bonds is 5. The van der Waals surface area contributed by atoms with E-state index in [9.17, 15) is 4.79 Å². The minimum atomic E-state index is 0.259. The van der Waals surface area contributed by atoms with Gasteiger partial charge < -0.3 is 14.5 Å². The largest absolute Gasteiger partial charge is 0.497 e. The van der Waals surface area contributed by atoms with E-state index in [-0.39, 0.29) is 5.91 Å². The van der Waals surface area contributed by atoms with Gasteiger partial charge >= 0.3 is 0 Å². The number of methoxy groups -OCH3 is 1. The van der Waals surface area contributed by atoms with Crippen LogP contribution in [-0.4, -0.2) is 55.0 Å². The molecule has 120 valence electrons. The molecule has 0 aliphatic carbocycles. The Bertz CT molecular complexity index is 512. The number of likely N-dealkylation sites (tertiary alicyclic amines) is 2. The fourth-order valence-electron chi connectivity index (χ4n) is 3.68. The lowest BCUT2D eigenvalue weighted by Gasteiger charge is -2.28. The topological polar surface area (TPSA) is 32.8 Å². The Balaban J connectivity index is 1.60. The van der Waals surface area contributed by atoms with Gasteiger partial charge in [-0.1, -0.05) is 12.1 Å². The van der Waals surface area contributed by atoms with Crippen molar-refractivity contribution < 1.29 is 9.53 Å². The van der Waals surface area contributed by atoms with E-state index in [1.165, 1.54) is 25.9 Å². The van der Waals surface area contributed by atoms with Crippen LogP contribution in [0, 0.1) is 0 Å². The Kier molecular flexibility index (Phi) is 4.98. The summed E-state index contributed by atoms with van der Waals surface area (Å²) < 4.78 is 5.24. The summed E-state index contributed by atoms with van der Waals surface area (Å²) in [4.78, 5) is 17.3. The van der Waals surface area contributed by atoms with Gasteiger partial charge in [-0.25, -0.2) is 0 Å². The fourth-order valence-corrected chi connectivity index (χ4v) is 3.68. The normalized spacial score (nSPS) is 22.2. The van der Waals surface area contributed by atoms with Crippen molar-refractivity contribution in [3.63, 3.8) is 0 Å². The number of carbonyl (C=O) groups is 1. The highest BCUT2D eigenvalue weighted by Gasteiger charge is 2.30. The molecule has 0 aromatic heterocycles. The quantitative estimate of drug-likeness (QED) is 0.837. The molecule has 1 aromatic rings. The fraction of sp³-hybridized carbons (Fsp3) is 0.611. The van der Waals surface area contributed by atoms with E-state index in [0.29, 0.717) is 12.5 Å². The van der Waals surface area contributed by atoms with E-state index in [0.717, 1.165) is 37.2 Å². The zero-order valence-electron chi connectivity index (χ0n) is 13.5. The van der Waals surface area contributed by atoms with Gasteiger partial charge in [-0.2, -0.15) is 0 Å². The van der Waals surface area contributed by atoms with Crippen molar-refractivity contribution in [2.45, 2.75) is 38.1 Å². The van der Waals surface area contributed by atoms with Crippen LogP contribution in [0.5, 0.6) is 5.75 Å². The summed E-state index contributed by atoms with van der Waals surface area (Å²) in [6.07, 6.45) is 5.39. The molecule has 3 rings (SSSR count). The van der Waals surface area contributed by atoms with E-state index in [1.807, 2.05) is 24.3 Å². The summed E-state index contributed by atoms with van der Waals surface area (Å²) in [6, 6.07) is 8.25. The first-order valence-corrected chi connectivity index (χ1v) is 8.41. The van der Waals surface area contributed by atoms with Crippen molar-refractivity contribution in [2.75, 3.05) is 33.3 Å². The van der Waals surface area contributed by atoms with Gasteiger partial charge in [0.2, 0.25) is 5.91 Å². The van der Waals surface area contributed by atoms with Crippen molar-refractivity contribution in [1.29, 1.82) is 0 Å². The summed E-state index contributed by atoms with van der Waals surface area (Å²) in [5, 5.41) is 0. The highest BCUT2D eigenvalue weighted by atomic mass is 16.5. The van der Waals surface area contributed by atoms with Gasteiger partial charge in [0.25, 0.3) is 0 Å². The molecule has 0 N–H and O–H groups in total. The molecular weight excluding hydrogens is 276 g/mol. The average molecular weight is 302 g/mol. The summed E-state index contributed by atoms with van der Waals surface area (Å²) >= 11 is 0. The molecule has 1 aromatic carbocycles. The Hall–Kier alpha value is -1.55. The van der Waals surface area contributed by atoms with Crippen molar-refractivity contribution in [2.24, 2.45) is 0 Å². The van der Waals surface area contributed by atoms with E-state index in [2.05, 4.69) is 9.80 Å². The molecule has 22 heavy (non-hydrogen) atoms. The Morgan fingerprint density at radius 2 is 2.05 bits per heavy atom. The van der Waals surface area contributed by atoms with Gasteiger partial charge in [0.15, 0.2) is 0 Å². The minimum absolute atomic E-state index is 0.259. The summed E-state index contributed by atoms with van der Waals surface area (Å²) in [7, 11) is 1.66. The molecule has 2 heterocycles. The second-order valence-electron chi connectivity index (χ2n) is 6.42. The molecule has 0 spiro atoms. The van der Waals surface area contributed by atoms with Gasteiger partial charge in [-0.05, 0) is 56.5 Å². The van der Waals surface area contributed by atoms with Crippen LogP contribution in [0.25, 0.3) is 0 Å². The lowest BCUT2D eigenvalue weighted by molar-refractivity contribution is -0.131. The zero-order valence-corrected chi connectivity index (χ0v) is 13.5. The zero-order chi connectivity index (χ0) is 15.4. The molecule has 2 saturated heterocycles. The smallest absolute Gasteiger partial charge is 0.227 e. The molecule has 2 aliphatic heterocycles. The molecule has 0 saturated carbocycles. The van der Waals surface area contributed by atoms with Crippen LogP contribution in [0.1, 0.15) is 31.2 Å². The summed E-state index contributed by atoms with van der Waals surface area (Å²) in [5.74, 6) is 1.08. The van der Waals surface area contributed by atoms with Crippen molar-refractivity contribution in [3.8, 4) is 5.75 Å². The number of benzene rings is 1. The minimum Gasteiger partial charge on any atom is -0.497 e. The number of carbonyl (C=O) groups excluding carboxylic acids is 1. The molecule has 0 unspecified atom stereocenters. The third kappa shape index (κ3) is 3.61. The second-order valence-corrected chi connectivity index (χ2v) is 6.42. The third-order valence-corrected chi connectivity index (χ3v) is 4.85. The molecule has 2 aliphatic rings. The van der Waals surface area contributed by atoms with Gasteiger partial charge in [0.05, 0.1) is 13.5 Å². The SMILES string of the molecule is COc1cccc(CC(=O)N2CCC[C@@H]2CN2CCCC2)c1. The van der Waals surface area contributed by atoms with Gasteiger partial charge in [0, 0.05) is 19.1 Å². The lowest BCUT2D eigenvalue weighted by atomic mass is 10.1. The van der Waals surface area contributed by atoms with Crippen LogP contribution in [0.15, 0.2) is 24.3 Å². The van der Waals surface area contributed by atoms with Gasteiger partial charge in [-0.15, -0.1) is 0 Å². The predicted molar refractivity (Wildman–Crippen MR) is 87.1 cm³/mol. The molecule has 4 nitrogen and oxygen atoms in total. The molecule has 0 bridgehead atoms. The first kappa shape index (κ1) is 15.3. The Labute approximate surface area is 133 Å². The maximum atomic E-state index is 12.7. The van der Waals surface area contributed by atoms with Crippen molar-refractivity contribution >= 4 is 5.91 Å². The molecular formula is C18H26N2O2. The number of amides is 1. The number of ether oxygens (including phenoxy) is 1. The number of hydrogen-bond acceptors (Lipinski definition) is 3. The van der Waals surface area contributed by atoms with E-state index < -0.39 is 0 Å². The van der Waals surface area contributed by atoms with Gasteiger partial charge in [-0.3, -0.25) is 4.79 Å². The van der Waals surface area contributed by atoms with Gasteiger partial charge in [0.1, 0.15) is 5.75 Å².